The zero-order valence-corrected chi connectivity index (χ0v) is 9.90. The SMILES string of the molecule is CCCCC(C(N)=O)c1ccc(OC)cc1. The minimum Gasteiger partial charge on any atom is -0.497 e. The van der Waals surface area contributed by atoms with Crippen LogP contribution in [0.4, 0.5) is 0 Å². The first kappa shape index (κ1) is 12.6. The summed E-state index contributed by atoms with van der Waals surface area (Å²) in [6.45, 7) is 2.10. The number of rotatable bonds is 6. The van der Waals surface area contributed by atoms with Crippen molar-refractivity contribution in [1.82, 2.24) is 0 Å². The molecular formula is C13H19NO2. The number of methoxy groups -OCH3 is 1. The molecule has 0 aliphatic rings. The number of unbranched alkanes of at least 4 members (excludes halogenated alkanes) is 1. The van der Waals surface area contributed by atoms with Gasteiger partial charge < -0.3 is 10.5 Å². The molecule has 1 amide bonds. The molecule has 0 aromatic heterocycles. The minimum atomic E-state index is -0.251. The summed E-state index contributed by atoms with van der Waals surface area (Å²) in [5.74, 6) is 0.368. The quantitative estimate of drug-likeness (QED) is 0.802. The Morgan fingerprint density at radius 2 is 2.00 bits per heavy atom. The number of benzene rings is 1. The van der Waals surface area contributed by atoms with Crippen LogP contribution < -0.4 is 10.5 Å². The highest BCUT2D eigenvalue weighted by molar-refractivity contribution is 5.81. The average molecular weight is 221 g/mol. The third-order valence-corrected chi connectivity index (χ3v) is 2.71. The van der Waals surface area contributed by atoms with Gasteiger partial charge in [0.2, 0.25) is 5.91 Å². The van der Waals surface area contributed by atoms with E-state index in [0.29, 0.717) is 0 Å². The highest BCUT2D eigenvalue weighted by atomic mass is 16.5. The third-order valence-electron chi connectivity index (χ3n) is 2.71. The first-order chi connectivity index (χ1) is 7.69. The van der Waals surface area contributed by atoms with E-state index >= 15 is 0 Å². The van der Waals surface area contributed by atoms with Gasteiger partial charge in [-0.05, 0) is 24.1 Å². The van der Waals surface area contributed by atoms with Crippen LogP contribution in [0.5, 0.6) is 5.75 Å². The highest BCUT2D eigenvalue weighted by Gasteiger charge is 2.16. The van der Waals surface area contributed by atoms with Crippen molar-refractivity contribution in [2.45, 2.75) is 32.1 Å². The van der Waals surface area contributed by atoms with Crippen LogP contribution in [0, 0.1) is 0 Å². The average Bonchev–Trinajstić information content (AvgIpc) is 2.30. The topological polar surface area (TPSA) is 52.3 Å². The second-order valence-electron chi connectivity index (χ2n) is 3.87. The number of ether oxygens (including phenoxy) is 1. The summed E-state index contributed by atoms with van der Waals surface area (Å²) in [6, 6.07) is 7.53. The van der Waals surface area contributed by atoms with E-state index < -0.39 is 0 Å². The van der Waals surface area contributed by atoms with Crippen LogP contribution in [0.15, 0.2) is 24.3 Å². The molecule has 0 saturated heterocycles. The Morgan fingerprint density at radius 1 is 1.38 bits per heavy atom. The Bertz CT molecular complexity index is 332. The number of primary amides is 1. The summed E-state index contributed by atoms with van der Waals surface area (Å²) < 4.78 is 5.07. The van der Waals surface area contributed by atoms with Crippen LogP contribution in [0.3, 0.4) is 0 Å². The molecule has 1 rings (SSSR count). The van der Waals surface area contributed by atoms with Gasteiger partial charge in [-0.25, -0.2) is 0 Å². The fraction of sp³-hybridized carbons (Fsp3) is 0.462. The lowest BCUT2D eigenvalue weighted by atomic mass is 9.93. The van der Waals surface area contributed by atoms with Gasteiger partial charge in [-0.2, -0.15) is 0 Å². The maximum Gasteiger partial charge on any atom is 0.224 e. The van der Waals surface area contributed by atoms with Crippen LogP contribution in [0.1, 0.15) is 37.7 Å². The van der Waals surface area contributed by atoms with E-state index in [1.165, 1.54) is 0 Å². The van der Waals surface area contributed by atoms with Crippen molar-refractivity contribution in [3.8, 4) is 5.75 Å². The number of carbonyl (C=O) groups excluding carboxylic acids is 1. The Kier molecular flexibility index (Phi) is 4.83. The first-order valence-electron chi connectivity index (χ1n) is 5.62. The van der Waals surface area contributed by atoms with Crippen molar-refractivity contribution < 1.29 is 9.53 Å². The van der Waals surface area contributed by atoms with E-state index in [-0.39, 0.29) is 11.8 Å². The maximum absolute atomic E-state index is 11.4. The normalized spacial score (nSPS) is 12.1. The molecule has 0 aliphatic carbocycles. The maximum atomic E-state index is 11.4. The molecule has 0 saturated carbocycles. The van der Waals surface area contributed by atoms with Crippen molar-refractivity contribution in [3.05, 3.63) is 29.8 Å². The number of hydrogen-bond donors (Lipinski definition) is 1. The molecule has 1 atom stereocenters. The Balaban J connectivity index is 2.79. The summed E-state index contributed by atoms with van der Waals surface area (Å²) in [5, 5.41) is 0. The fourth-order valence-corrected chi connectivity index (χ4v) is 1.72. The lowest BCUT2D eigenvalue weighted by molar-refractivity contribution is -0.119. The molecule has 1 aromatic carbocycles. The molecular weight excluding hydrogens is 202 g/mol. The van der Waals surface area contributed by atoms with E-state index in [0.717, 1.165) is 30.6 Å². The summed E-state index contributed by atoms with van der Waals surface area (Å²) >= 11 is 0. The predicted octanol–water partition coefficient (Wildman–Crippen LogP) is 2.45. The van der Waals surface area contributed by atoms with Gasteiger partial charge in [0.1, 0.15) is 5.75 Å². The van der Waals surface area contributed by atoms with Crippen molar-refractivity contribution in [3.63, 3.8) is 0 Å². The van der Waals surface area contributed by atoms with Crippen LogP contribution in [0.2, 0.25) is 0 Å². The first-order valence-corrected chi connectivity index (χ1v) is 5.62. The number of nitrogens with two attached hydrogens (primary N) is 1. The van der Waals surface area contributed by atoms with Crippen LogP contribution in [-0.2, 0) is 4.79 Å². The van der Waals surface area contributed by atoms with E-state index in [9.17, 15) is 4.79 Å². The molecule has 1 aromatic rings. The standard InChI is InChI=1S/C13H19NO2/c1-3-4-5-12(13(14)15)10-6-8-11(16-2)9-7-10/h6-9,12H,3-5H2,1-2H3,(H2,14,15). The van der Waals surface area contributed by atoms with Gasteiger partial charge in [0.25, 0.3) is 0 Å². The van der Waals surface area contributed by atoms with Crippen molar-refractivity contribution in [1.29, 1.82) is 0 Å². The molecule has 0 radical (unpaired) electrons. The molecule has 0 heterocycles. The second-order valence-corrected chi connectivity index (χ2v) is 3.87. The Labute approximate surface area is 96.6 Å². The van der Waals surface area contributed by atoms with Crippen LogP contribution in [0.25, 0.3) is 0 Å². The van der Waals surface area contributed by atoms with Gasteiger partial charge in [-0.15, -0.1) is 0 Å². The number of amides is 1. The molecule has 0 spiro atoms. The molecule has 1 unspecified atom stereocenters. The summed E-state index contributed by atoms with van der Waals surface area (Å²) in [5.41, 5.74) is 6.38. The third kappa shape index (κ3) is 3.26. The molecule has 88 valence electrons. The molecule has 3 heteroatoms. The number of carbonyl (C=O) groups is 1. The van der Waals surface area contributed by atoms with Crippen molar-refractivity contribution in [2.24, 2.45) is 5.73 Å². The Hall–Kier alpha value is -1.51. The smallest absolute Gasteiger partial charge is 0.224 e. The van der Waals surface area contributed by atoms with Gasteiger partial charge in [0.15, 0.2) is 0 Å². The van der Waals surface area contributed by atoms with Crippen molar-refractivity contribution >= 4 is 5.91 Å². The lowest BCUT2D eigenvalue weighted by Gasteiger charge is -2.13. The zero-order valence-electron chi connectivity index (χ0n) is 9.90. The van der Waals surface area contributed by atoms with Crippen LogP contribution in [-0.4, -0.2) is 13.0 Å². The molecule has 0 aliphatic heterocycles. The molecule has 2 N–H and O–H groups in total. The van der Waals surface area contributed by atoms with Crippen molar-refractivity contribution in [2.75, 3.05) is 7.11 Å². The van der Waals surface area contributed by atoms with Crippen LogP contribution >= 0.6 is 0 Å². The van der Waals surface area contributed by atoms with Gasteiger partial charge in [0.05, 0.1) is 13.0 Å². The van der Waals surface area contributed by atoms with E-state index in [1.807, 2.05) is 24.3 Å². The predicted molar refractivity (Wildman–Crippen MR) is 64.5 cm³/mol. The molecule has 0 bridgehead atoms. The number of hydrogen-bond acceptors (Lipinski definition) is 2. The minimum absolute atomic E-state index is 0.175. The fourth-order valence-electron chi connectivity index (χ4n) is 1.72. The second kappa shape index (κ2) is 6.16. The molecule has 0 fully saturated rings. The van der Waals surface area contributed by atoms with Gasteiger partial charge in [0, 0.05) is 0 Å². The molecule has 16 heavy (non-hydrogen) atoms. The van der Waals surface area contributed by atoms with E-state index in [1.54, 1.807) is 7.11 Å². The van der Waals surface area contributed by atoms with E-state index in [2.05, 4.69) is 6.92 Å². The summed E-state index contributed by atoms with van der Waals surface area (Å²) in [4.78, 5) is 11.4. The summed E-state index contributed by atoms with van der Waals surface area (Å²) in [6.07, 6.45) is 2.90. The van der Waals surface area contributed by atoms with Gasteiger partial charge in [-0.1, -0.05) is 31.9 Å². The largest absolute Gasteiger partial charge is 0.497 e. The van der Waals surface area contributed by atoms with Gasteiger partial charge in [-0.3, -0.25) is 4.79 Å². The van der Waals surface area contributed by atoms with Gasteiger partial charge >= 0.3 is 0 Å². The van der Waals surface area contributed by atoms with E-state index in [4.69, 9.17) is 10.5 Å². The summed E-state index contributed by atoms with van der Waals surface area (Å²) in [7, 11) is 1.62. The zero-order chi connectivity index (χ0) is 12.0. The highest BCUT2D eigenvalue weighted by Crippen LogP contribution is 2.23. The monoisotopic (exact) mass is 221 g/mol. The molecule has 3 nitrogen and oxygen atoms in total. The Morgan fingerprint density at radius 3 is 2.44 bits per heavy atom. The lowest BCUT2D eigenvalue weighted by Crippen LogP contribution is -2.21.